The van der Waals surface area contributed by atoms with Crippen molar-refractivity contribution in [1.29, 1.82) is 0 Å². The first-order chi connectivity index (χ1) is 9.91. The summed E-state index contributed by atoms with van der Waals surface area (Å²) < 4.78 is 0. The van der Waals surface area contributed by atoms with Crippen molar-refractivity contribution in [1.82, 2.24) is 4.90 Å². The Balaban J connectivity index is 2.96. The van der Waals surface area contributed by atoms with Crippen molar-refractivity contribution >= 4 is 11.7 Å². The monoisotopic (exact) mass is 291 g/mol. The van der Waals surface area contributed by atoms with E-state index in [9.17, 15) is 4.79 Å². The summed E-state index contributed by atoms with van der Waals surface area (Å²) in [6, 6.07) is 8.04. The Morgan fingerprint density at radius 2 is 1.81 bits per heavy atom. The Hall–Kier alpha value is -2.04. The molecular formula is C16H25N3O2. The van der Waals surface area contributed by atoms with Crippen LogP contribution in [-0.2, 0) is 11.3 Å². The van der Waals surface area contributed by atoms with E-state index < -0.39 is 5.41 Å². The lowest BCUT2D eigenvalue weighted by Gasteiger charge is -2.33. The zero-order valence-electron chi connectivity index (χ0n) is 13.3. The molecule has 0 saturated carbocycles. The average molecular weight is 291 g/mol. The Morgan fingerprint density at radius 3 is 2.24 bits per heavy atom. The number of hydrogen-bond donors (Lipinski definition) is 2. The minimum absolute atomic E-state index is 0.0201. The van der Waals surface area contributed by atoms with Gasteiger partial charge >= 0.3 is 0 Å². The fraction of sp³-hybridized carbons (Fsp3) is 0.500. The van der Waals surface area contributed by atoms with Gasteiger partial charge in [-0.3, -0.25) is 4.79 Å². The van der Waals surface area contributed by atoms with Crippen LogP contribution in [0.1, 0.15) is 37.8 Å². The van der Waals surface area contributed by atoms with Crippen LogP contribution in [0.5, 0.6) is 0 Å². The van der Waals surface area contributed by atoms with Gasteiger partial charge in [-0.25, -0.2) is 0 Å². The maximum absolute atomic E-state index is 12.8. The molecule has 3 N–H and O–H groups in total. The fourth-order valence-corrected chi connectivity index (χ4v) is 2.52. The molecular weight excluding hydrogens is 266 g/mol. The predicted octanol–water partition coefficient (Wildman–Crippen LogP) is 2.51. The smallest absolute Gasteiger partial charge is 0.236 e. The van der Waals surface area contributed by atoms with Gasteiger partial charge in [-0.2, -0.15) is 0 Å². The van der Waals surface area contributed by atoms with E-state index in [4.69, 9.17) is 10.9 Å². The van der Waals surface area contributed by atoms with Crippen LogP contribution in [0.15, 0.2) is 29.4 Å². The van der Waals surface area contributed by atoms with Crippen LogP contribution in [0.25, 0.3) is 0 Å². The molecule has 0 saturated heterocycles. The fourth-order valence-electron chi connectivity index (χ4n) is 2.52. The van der Waals surface area contributed by atoms with Crippen molar-refractivity contribution in [3.63, 3.8) is 0 Å². The summed E-state index contributed by atoms with van der Waals surface area (Å²) in [5, 5.41) is 12.0. The van der Waals surface area contributed by atoms with Crippen LogP contribution in [0.3, 0.4) is 0 Å². The molecule has 0 radical (unpaired) electrons. The lowest BCUT2D eigenvalue weighted by molar-refractivity contribution is -0.138. The van der Waals surface area contributed by atoms with Crippen molar-refractivity contribution in [3.05, 3.63) is 35.4 Å². The van der Waals surface area contributed by atoms with Crippen molar-refractivity contribution in [2.45, 2.75) is 40.2 Å². The van der Waals surface area contributed by atoms with Crippen LogP contribution >= 0.6 is 0 Å². The molecule has 0 heterocycles. The number of aryl methyl sites for hydroxylation is 1. The molecule has 0 aliphatic rings. The van der Waals surface area contributed by atoms with Gasteiger partial charge in [0.05, 0.1) is 0 Å². The molecule has 1 aromatic rings. The van der Waals surface area contributed by atoms with Gasteiger partial charge in [-0.15, -0.1) is 0 Å². The van der Waals surface area contributed by atoms with E-state index in [1.54, 1.807) is 11.9 Å². The number of nitrogens with two attached hydrogens (primary N) is 1. The van der Waals surface area contributed by atoms with E-state index in [-0.39, 0.29) is 11.7 Å². The minimum Gasteiger partial charge on any atom is -0.409 e. The second-order valence-electron chi connectivity index (χ2n) is 5.42. The summed E-state index contributed by atoms with van der Waals surface area (Å²) in [5.74, 6) is -0.142. The average Bonchev–Trinajstić information content (AvgIpc) is 2.50. The third kappa shape index (κ3) is 3.54. The minimum atomic E-state index is -0.936. The number of carbonyl (C=O) groups is 1. The zero-order chi connectivity index (χ0) is 16.0. The molecule has 1 aromatic carbocycles. The molecule has 0 bridgehead atoms. The third-order valence-corrected chi connectivity index (χ3v) is 4.10. The van der Waals surface area contributed by atoms with Crippen LogP contribution in [0, 0.1) is 12.3 Å². The molecule has 21 heavy (non-hydrogen) atoms. The largest absolute Gasteiger partial charge is 0.409 e. The van der Waals surface area contributed by atoms with Crippen molar-refractivity contribution < 1.29 is 10.0 Å². The number of amidine groups is 1. The van der Waals surface area contributed by atoms with Gasteiger partial charge in [0.25, 0.3) is 0 Å². The number of hydrogen-bond acceptors (Lipinski definition) is 3. The van der Waals surface area contributed by atoms with E-state index in [2.05, 4.69) is 5.16 Å². The number of rotatable bonds is 6. The number of benzene rings is 1. The Labute approximate surface area is 126 Å². The third-order valence-electron chi connectivity index (χ3n) is 4.10. The van der Waals surface area contributed by atoms with E-state index in [1.807, 2.05) is 45.0 Å². The zero-order valence-corrected chi connectivity index (χ0v) is 13.3. The normalized spacial score (nSPS) is 12.3. The molecule has 0 unspecified atom stereocenters. The second kappa shape index (κ2) is 7.11. The van der Waals surface area contributed by atoms with Gasteiger partial charge in [0.1, 0.15) is 5.41 Å². The lowest BCUT2D eigenvalue weighted by Crippen LogP contribution is -2.49. The first-order valence-corrected chi connectivity index (χ1v) is 7.20. The molecule has 0 fully saturated rings. The van der Waals surface area contributed by atoms with Gasteiger partial charge in [0, 0.05) is 13.6 Å². The van der Waals surface area contributed by atoms with Crippen molar-refractivity contribution in [2.24, 2.45) is 16.3 Å². The summed E-state index contributed by atoms with van der Waals surface area (Å²) in [6.07, 6.45) is 0.993. The van der Waals surface area contributed by atoms with Gasteiger partial charge in [0.2, 0.25) is 5.91 Å². The number of oxime groups is 1. The van der Waals surface area contributed by atoms with E-state index >= 15 is 0 Å². The molecule has 1 amide bonds. The number of nitrogens with zero attached hydrogens (tertiary/aromatic N) is 2. The Bertz CT molecular complexity index is 505. The maximum Gasteiger partial charge on any atom is 0.236 e. The lowest BCUT2D eigenvalue weighted by atomic mass is 9.79. The van der Waals surface area contributed by atoms with Crippen LogP contribution in [0.4, 0.5) is 0 Å². The highest BCUT2D eigenvalue weighted by atomic mass is 16.4. The highest BCUT2D eigenvalue weighted by molar-refractivity contribution is 6.06. The van der Waals surface area contributed by atoms with E-state index in [1.165, 1.54) is 5.56 Å². The maximum atomic E-state index is 12.8. The van der Waals surface area contributed by atoms with Gasteiger partial charge in [0.15, 0.2) is 5.84 Å². The molecule has 1 rings (SSSR count). The van der Waals surface area contributed by atoms with Crippen LogP contribution < -0.4 is 5.73 Å². The van der Waals surface area contributed by atoms with Crippen LogP contribution in [-0.4, -0.2) is 28.9 Å². The van der Waals surface area contributed by atoms with E-state index in [0.29, 0.717) is 19.4 Å². The highest BCUT2D eigenvalue weighted by Gasteiger charge is 2.41. The molecule has 0 aliphatic carbocycles. The molecule has 5 heteroatoms. The van der Waals surface area contributed by atoms with Crippen molar-refractivity contribution in [2.75, 3.05) is 7.05 Å². The predicted molar refractivity (Wildman–Crippen MR) is 84.1 cm³/mol. The summed E-state index contributed by atoms with van der Waals surface area (Å²) in [5.41, 5.74) is 7.08. The SMILES string of the molecule is CCC(CC)(C(=O)N(C)Cc1ccc(C)cc1)C(N)=NO. The van der Waals surface area contributed by atoms with Gasteiger partial charge in [-0.05, 0) is 25.3 Å². The molecule has 0 aromatic heterocycles. The van der Waals surface area contributed by atoms with Gasteiger partial charge < -0.3 is 15.8 Å². The van der Waals surface area contributed by atoms with Crippen LogP contribution in [0.2, 0.25) is 0 Å². The van der Waals surface area contributed by atoms with Crippen molar-refractivity contribution in [3.8, 4) is 0 Å². The molecule has 0 aliphatic heterocycles. The Kier molecular flexibility index (Phi) is 5.76. The number of carbonyl (C=O) groups excluding carboxylic acids is 1. The topological polar surface area (TPSA) is 78.9 Å². The summed E-state index contributed by atoms with van der Waals surface area (Å²) in [4.78, 5) is 14.4. The summed E-state index contributed by atoms with van der Waals surface area (Å²) >= 11 is 0. The standard InChI is InChI=1S/C16H25N3O2/c1-5-16(6-2,14(17)18-21)15(20)19(4)11-13-9-7-12(3)8-10-13/h7-10,21H,5-6,11H2,1-4H3,(H2,17,18). The second-order valence-corrected chi connectivity index (χ2v) is 5.42. The number of amides is 1. The van der Waals surface area contributed by atoms with Gasteiger partial charge in [-0.1, -0.05) is 48.8 Å². The Morgan fingerprint density at radius 1 is 1.29 bits per heavy atom. The first-order valence-electron chi connectivity index (χ1n) is 7.20. The molecule has 0 atom stereocenters. The highest BCUT2D eigenvalue weighted by Crippen LogP contribution is 2.29. The summed E-state index contributed by atoms with van der Waals surface area (Å²) in [6.45, 7) is 6.27. The van der Waals surface area contributed by atoms with E-state index in [0.717, 1.165) is 5.56 Å². The molecule has 0 spiro atoms. The molecule has 5 nitrogen and oxygen atoms in total. The first kappa shape index (κ1) is 17.0. The summed E-state index contributed by atoms with van der Waals surface area (Å²) in [7, 11) is 1.74. The molecule has 116 valence electrons. The quantitative estimate of drug-likeness (QED) is 0.366.